The van der Waals surface area contributed by atoms with Gasteiger partial charge in [-0.3, -0.25) is 0 Å². The molecule has 0 amide bonds. The van der Waals surface area contributed by atoms with Crippen LogP contribution >= 0.6 is 0 Å². The molecule has 0 bridgehead atoms. The van der Waals surface area contributed by atoms with Gasteiger partial charge in [-0.1, -0.05) is 6.92 Å². The molecule has 0 rings (SSSR count). The summed E-state index contributed by atoms with van der Waals surface area (Å²) in [5.41, 5.74) is 0. The van der Waals surface area contributed by atoms with E-state index in [2.05, 4.69) is 50.6 Å². The summed E-state index contributed by atoms with van der Waals surface area (Å²) in [6, 6.07) is 0. The van der Waals surface area contributed by atoms with E-state index in [0.29, 0.717) is 0 Å². The molecule has 13 heavy (non-hydrogen) atoms. The molecule has 0 aliphatic rings. The van der Waals surface area contributed by atoms with Crippen molar-refractivity contribution in [2.24, 2.45) is 0 Å². The Morgan fingerprint density at radius 1 is 1.00 bits per heavy atom. The summed E-state index contributed by atoms with van der Waals surface area (Å²) in [4.78, 5) is 4.70. The van der Waals surface area contributed by atoms with Crippen LogP contribution in [0.2, 0.25) is 0 Å². The largest absolute Gasteiger partial charge is 0.362 e. The Labute approximate surface area is 83.2 Å². The molecular formula is C11H24N2. The zero-order chi connectivity index (χ0) is 10.3. The molecule has 78 valence electrons. The van der Waals surface area contributed by atoms with Crippen molar-refractivity contribution in [1.82, 2.24) is 9.80 Å². The summed E-state index contributed by atoms with van der Waals surface area (Å²) in [5, 5.41) is 0. The topological polar surface area (TPSA) is 6.48 Å². The van der Waals surface area contributed by atoms with Crippen LogP contribution in [0.1, 0.15) is 34.1 Å². The monoisotopic (exact) mass is 184 g/mol. The zero-order valence-electron chi connectivity index (χ0n) is 9.80. The van der Waals surface area contributed by atoms with E-state index < -0.39 is 0 Å². The first kappa shape index (κ1) is 12.3. The molecule has 0 unspecified atom stereocenters. The van der Waals surface area contributed by atoms with Gasteiger partial charge < -0.3 is 9.80 Å². The molecule has 0 aliphatic heterocycles. The van der Waals surface area contributed by atoms with E-state index in [1.54, 1.807) is 0 Å². The van der Waals surface area contributed by atoms with Gasteiger partial charge in [0.2, 0.25) is 0 Å². The van der Waals surface area contributed by atoms with Gasteiger partial charge in [-0.2, -0.15) is 0 Å². The number of allylic oxidation sites excluding steroid dienone is 1. The predicted molar refractivity (Wildman–Crippen MR) is 59.6 cm³/mol. The van der Waals surface area contributed by atoms with Crippen molar-refractivity contribution < 1.29 is 0 Å². The van der Waals surface area contributed by atoms with E-state index in [-0.39, 0.29) is 0 Å². The highest BCUT2D eigenvalue weighted by Crippen LogP contribution is 2.08. The van der Waals surface area contributed by atoms with Crippen molar-refractivity contribution in [2.45, 2.75) is 34.1 Å². The van der Waals surface area contributed by atoms with Crippen LogP contribution in [-0.2, 0) is 0 Å². The maximum atomic E-state index is 2.40. The summed E-state index contributed by atoms with van der Waals surface area (Å²) in [6.45, 7) is 12.0. The summed E-state index contributed by atoms with van der Waals surface area (Å²) < 4.78 is 0. The van der Waals surface area contributed by atoms with Gasteiger partial charge in [-0.05, 0) is 33.3 Å². The molecule has 0 heterocycles. The molecule has 0 aliphatic carbocycles. The maximum Gasteiger partial charge on any atom is 0.0995 e. The fourth-order valence-electron chi connectivity index (χ4n) is 1.42. The highest BCUT2D eigenvalue weighted by atomic mass is 15.3. The zero-order valence-corrected chi connectivity index (χ0v) is 9.80. The average Bonchev–Trinajstić information content (AvgIpc) is 2.17. The van der Waals surface area contributed by atoms with Gasteiger partial charge in [-0.25, -0.2) is 0 Å². The fraction of sp³-hybridized carbons (Fsp3) is 0.818. The minimum absolute atomic E-state index is 1.07. The van der Waals surface area contributed by atoms with Gasteiger partial charge in [-0.15, -0.1) is 0 Å². The van der Waals surface area contributed by atoms with Crippen LogP contribution in [0, 0.1) is 0 Å². The first-order valence-electron chi connectivity index (χ1n) is 5.37. The van der Waals surface area contributed by atoms with E-state index in [1.165, 1.54) is 5.82 Å². The van der Waals surface area contributed by atoms with Crippen LogP contribution in [0.3, 0.4) is 0 Å². The third kappa shape index (κ3) is 3.71. The number of rotatable bonds is 6. The highest BCUT2D eigenvalue weighted by Gasteiger charge is 2.07. The van der Waals surface area contributed by atoms with Crippen molar-refractivity contribution in [3.63, 3.8) is 0 Å². The highest BCUT2D eigenvalue weighted by molar-refractivity contribution is 4.98. The quantitative estimate of drug-likeness (QED) is 0.626. The Morgan fingerprint density at radius 2 is 1.54 bits per heavy atom. The third-order valence-electron chi connectivity index (χ3n) is 2.34. The average molecular weight is 184 g/mol. The van der Waals surface area contributed by atoms with Crippen LogP contribution in [0.4, 0.5) is 0 Å². The van der Waals surface area contributed by atoms with Gasteiger partial charge in [0.25, 0.3) is 0 Å². The molecular weight excluding hydrogens is 160 g/mol. The van der Waals surface area contributed by atoms with E-state index in [9.17, 15) is 0 Å². The summed E-state index contributed by atoms with van der Waals surface area (Å²) >= 11 is 0. The van der Waals surface area contributed by atoms with Crippen LogP contribution in [-0.4, -0.2) is 36.5 Å². The first-order chi connectivity index (χ1) is 6.21. The third-order valence-corrected chi connectivity index (χ3v) is 2.34. The van der Waals surface area contributed by atoms with Gasteiger partial charge in [0.1, 0.15) is 0 Å². The second-order valence-corrected chi connectivity index (χ2v) is 3.16. The van der Waals surface area contributed by atoms with Crippen LogP contribution in [0.5, 0.6) is 0 Å². The number of nitrogens with zero attached hydrogens (tertiary/aromatic N) is 2. The molecule has 0 saturated carbocycles. The van der Waals surface area contributed by atoms with Crippen molar-refractivity contribution in [1.29, 1.82) is 0 Å². The molecule has 0 fully saturated rings. The van der Waals surface area contributed by atoms with E-state index in [0.717, 1.165) is 26.1 Å². The maximum absolute atomic E-state index is 2.40. The van der Waals surface area contributed by atoms with Gasteiger partial charge in [0.05, 0.1) is 5.82 Å². The van der Waals surface area contributed by atoms with Gasteiger partial charge in [0.15, 0.2) is 0 Å². The van der Waals surface area contributed by atoms with Crippen molar-refractivity contribution in [3.8, 4) is 0 Å². The lowest BCUT2D eigenvalue weighted by atomic mass is 10.3. The fourth-order valence-corrected chi connectivity index (χ4v) is 1.42. The minimum Gasteiger partial charge on any atom is -0.362 e. The molecule has 0 N–H and O–H groups in total. The first-order valence-corrected chi connectivity index (χ1v) is 5.37. The van der Waals surface area contributed by atoms with Crippen LogP contribution < -0.4 is 0 Å². The molecule has 0 radical (unpaired) electrons. The lowest BCUT2D eigenvalue weighted by molar-refractivity contribution is 0.256. The molecule has 0 saturated heterocycles. The Kier molecular flexibility index (Phi) is 6.47. The SMILES string of the molecule is CC/C=C(\N(C)CC)N(CC)CC. The van der Waals surface area contributed by atoms with Crippen molar-refractivity contribution >= 4 is 0 Å². The Balaban J connectivity index is 4.48. The number of hydrogen-bond donors (Lipinski definition) is 0. The second kappa shape index (κ2) is 6.81. The van der Waals surface area contributed by atoms with Gasteiger partial charge in [0, 0.05) is 26.7 Å². The molecule has 0 aromatic carbocycles. The molecule has 0 atom stereocenters. The predicted octanol–water partition coefficient (Wildman–Crippen LogP) is 2.53. The number of hydrogen-bond acceptors (Lipinski definition) is 2. The van der Waals surface area contributed by atoms with Crippen molar-refractivity contribution in [2.75, 3.05) is 26.7 Å². The van der Waals surface area contributed by atoms with E-state index in [1.807, 2.05) is 0 Å². The molecule has 0 aromatic heterocycles. The normalized spacial score (nSPS) is 11.6. The summed E-state index contributed by atoms with van der Waals surface area (Å²) in [7, 11) is 2.15. The van der Waals surface area contributed by atoms with E-state index in [4.69, 9.17) is 0 Å². The molecule has 2 nitrogen and oxygen atoms in total. The van der Waals surface area contributed by atoms with Crippen LogP contribution in [0.25, 0.3) is 0 Å². The summed E-state index contributed by atoms with van der Waals surface area (Å²) in [5.74, 6) is 1.37. The molecule has 0 aromatic rings. The Morgan fingerprint density at radius 3 is 1.85 bits per heavy atom. The second-order valence-electron chi connectivity index (χ2n) is 3.16. The molecule has 0 spiro atoms. The Bertz CT molecular complexity index is 148. The minimum atomic E-state index is 1.07. The lowest BCUT2D eigenvalue weighted by Crippen LogP contribution is -2.33. The van der Waals surface area contributed by atoms with E-state index >= 15 is 0 Å². The van der Waals surface area contributed by atoms with Crippen LogP contribution in [0.15, 0.2) is 11.9 Å². The standard InChI is InChI=1S/C11H24N2/c1-6-10-11(12(5)7-2)13(8-3)9-4/h10H,6-9H2,1-5H3/b11-10+. The lowest BCUT2D eigenvalue weighted by Gasteiger charge is -2.31. The Hall–Kier alpha value is -0.660. The summed E-state index contributed by atoms with van der Waals surface area (Å²) in [6.07, 6.45) is 3.41. The molecule has 2 heteroatoms. The van der Waals surface area contributed by atoms with Gasteiger partial charge >= 0.3 is 0 Å². The smallest absolute Gasteiger partial charge is 0.0995 e. The van der Waals surface area contributed by atoms with Crippen molar-refractivity contribution in [3.05, 3.63) is 11.9 Å².